The van der Waals surface area contributed by atoms with E-state index in [4.69, 9.17) is 0 Å². The zero-order chi connectivity index (χ0) is 28.3. The molecule has 0 aliphatic rings. The van der Waals surface area contributed by atoms with E-state index >= 15 is 0 Å². The quantitative estimate of drug-likeness (QED) is 0.0556. The number of allylic oxidation sites excluding steroid dienone is 2. The van der Waals surface area contributed by atoms with Crippen molar-refractivity contribution in [1.29, 1.82) is 0 Å². The van der Waals surface area contributed by atoms with E-state index in [0.29, 0.717) is 0 Å². The fraction of sp³-hybridized carbons (Fsp3) is 0.949. The van der Waals surface area contributed by atoms with E-state index < -0.39 is 0 Å². The van der Waals surface area contributed by atoms with Crippen LogP contribution in [0.5, 0.6) is 0 Å². The molecule has 1 atom stereocenters. The van der Waals surface area contributed by atoms with Gasteiger partial charge < -0.3 is 0 Å². The molecule has 0 saturated heterocycles. The van der Waals surface area contributed by atoms with E-state index in [-0.39, 0.29) is 0 Å². The maximum absolute atomic E-state index is 2.50. The second kappa shape index (κ2) is 35.8. The molecule has 0 heteroatoms. The number of hydrogen-bond acceptors (Lipinski definition) is 0. The van der Waals surface area contributed by atoms with Crippen LogP contribution < -0.4 is 0 Å². The van der Waals surface area contributed by atoms with Crippen molar-refractivity contribution in [2.45, 2.75) is 233 Å². The first-order chi connectivity index (χ1) is 19.3. The molecule has 0 saturated carbocycles. The van der Waals surface area contributed by atoms with Gasteiger partial charge in [0.25, 0.3) is 0 Å². The highest BCUT2D eigenvalue weighted by atomic mass is 14.1. The van der Waals surface area contributed by atoms with Crippen molar-refractivity contribution >= 4 is 0 Å². The molecule has 0 nitrogen and oxygen atoms in total. The van der Waals surface area contributed by atoms with Gasteiger partial charge in [0.1, 0.15) is 0 Å². The molecule has 0 aliphatic heterocycles. The first-order valence-electron chi connectivity index (χ1n) is 19.0. The summed E-state index contributed by atoms with van der Waals surface area (Å²) in [5.41, 5.74) is 0. The zero-order valence-electron chi connectivity index (χ0n) is 28.1. The molecule has 0 heterocycles. The molecule has 1 unspecified atom stereocenters. The molecule has 234 valence electrons. The Labute approximate surface area is 250 Å². The monoisotopic (exact) mass is 547 g/mol. The Morgan fingerprint density at radius 2 is 0.538 bits per heavy atom. The Morgan fingerprint density at radius 1 is 0.308 bits per heavy atom. The fourth-order valence-corrected chi connectivity index (χ4v) is 6.10. The summed E-state index contributed by atoms with van der Waals surface area (Å²) in [6.45, 7) is 7.11. The average Bonchev–Trinajstić information content (AvgIpc) is 2.94. The minimum atomic E-state index is 0.959. The third-order valence-corrected chi connectivity index (χ3v) is 9.01. The molecular weight excluding hydrogens is 468 g/mol. The van der Waals surface area contributed by atoms with Crippen molar-refractivity contribution in [3.8, 4) is 0 Å². The van der Waals surface area contributed by atoms with Gasteiger partial charge in [0.05, 0.1) is 0 Å². The van der Waals surface area contributed by atoms with E-state index in [9.17, 15) is 0 Å². The van der Waals surface area contributed by atoms with Crippen LogP contribution in [0.15, 0.2) is 12.2 Å². The van der Waals surface area contributed by atoms with Crippen LogP contribution >= 0.6 is 0 Å². The van der Waals surface area contributed by atoms with Crippen LogP contribution in [0.2, 0.25) is 0 Å². The largest absolute Gasteiger partial charge is 0.0885 e. The van der Waals surface area contributed by atoms with Crippen LogP contribution in [-0.2, 0) is 0 Å². The van der Waals surface area contributed by atoms with Crippen molar-refractivity contribution in [2.75, 3.05) is 0 Å². The molecule has 0 aromatic heterocycles. The molecule has 0 amide bonds. The topological polar surface area (TPSA) is 0 Å². The van der Waals surface area contributed by atoms with Crippen LogP contribution in [0.1, 0.15) is 233 Å². The predicted octanol–water partition coefficient (Wildman–Crippen LogP) is 15.1. The van der Waals surface area contributed by atoms with Gasteiger partial charge in [-0.25, -0.2) is 0 Å². The van der Waals surface area contributed by atoms with Crippen molar-refractivity contribution in [3.05, 3.63) is 12.2 Å². The van der Waals surface area contributed by atoms with Gasteiger partial charge in [-0.1, -0.05) is 219 Å². The van der Waals surface area contributed by atoms with Crippen molar-refractivity contribution in [1.82, 2.24) is 0 Å². The Hall–Kier alpha value is -0.260. The molecule has 0 aromatic carbocycles. The summed E-state index contributed by atoms with van der Waals surface area (Å²) in [4.78, 5) is 0. The number of hydrogen-bond donors (Lipinski definition) is 0. The van der Waals surface area contributed by atoms with Crippen LogP contribution in [0.25, 0.3) is 0 Å². The zero-order valence-corrected chi connectivity index (χ0v) is 28.1. The van der Waals surface area contributed by atoms with Gasteiger partial charge in [0.15, 0.2) is 0 Å². The highest BCUT2D eigenvalue weighted by Crippen LogP contribution is 2.19. The lowest BCUT2D eigenvalue weighted by atomic mass is 9.95. The number of rotatable bonds is 34. The highest BCUT2D eigenvalue weighted by molar-refractivity contribution is 4.81. The van der Waals surface area contributed by atoms with E-state index in [1.807, 2.05) is 0 Å². The minimum absolute atomic E-state index is 0.959. The summed E-state index contributed by atoms with van der Waals surface area (Å²) >= 11 is 0. The summed E-state index contributed by atoms with van der Waals surface area (Å²) in [5.74, 6) is 0.959. The summed E-state index contributed by atoms with van der Waals surface area (Å²) in [5, 5.41) is 0. The van der Waals surface area contributed by atoms with E-state index in [2.05, 4.69) is 32.9 Å². The van der Waals surface area contributed by atoms with Crippen molar-refractivity contribution < 1.29 is 0 Å². The molecule has 0 fully saturated rings. The van der Waals surface area contributed by atoms with Crippen molar-refractivity contribution in [2.24, 2.45) is 5.92 Å². The predicted molar refractivity (Wildman–Crippen MR) is 182 cm³/mol. The molecular formula is C39H78. The van der Waals surface area contributed by atoms with Gasteiger partial charge in [-0.05, 0) is 31.6 Å². The summed E-state index contributed by atoms with van der Waals surface area (Å²) < 4.78 is 0. The Balaban J connectivity index is 3.18. The van der Waals surface area contributed by atoms with E-state index in [1.54, 1.807) is 0 Å². The standard InChI is InChI=1S/C39H78/c1-4-6-8-10-12-14-16-17-18-19-20-21-22-23-24-25-26-28-30-32-34-36-38-39(3)37-35-33-31-29-27-15-13-11-9-7-5-2/h22-23,39H,4-21,24-38H2,1-3H3. The molecule has 0 spiro atoms. The molecule has 0 aliphatic carbocycles. The molecule has 0 radical (unpaired) electrons. The molecule has 39 heavy (non-hydrogen) atoms. The highest BCUT2D eigenvalue weighted by Gasteiger charge is 2.02. The van der Waals surface area contributed by atoms with E-state index in [1.165, 1.54) is 212 Å². The minimum Gasteiger partial charge on any atom is -0.0885 e. The van der Waals surface area contributed by atoms with Gasteiger partial charge >= 0.3 is 0 Å². The van der Waals surface area contributed by atoms with Crippen LogP contribution in [0.4, 0.5) is 0 Å². The summed E-state index contributed by atoms with van der Waals surface area (Å²) in [6.07, 6.45) is 52.8. The van der Waals surface area contributed by atoms with E-state index in [0.717, 1.165) is 5.92 Å². The molecule has 0 bridgehead atoms. The lowest BCUT2D eigenvalue weighted by molar-refractivity contribution is 0.430. The second-order valence-corrected chi connectivity index (χ2v) is 13.3. The van der Waals surface area contributed by atoms with Crippen LogP contribution in [0, 0.1) is 5.92 Å². The van der Waals surface area contributed by atoms with Crippen LogP contribution in [-0.4, -0.2) is 0 Å². The molecule has 0 N–H and O–H groups in total. The lowest BCUT2D eigenvalue weighted by Crippen LogP contribution is -1.95. The summed E-state index contributed by atoms with van der Waals surface area (Å²) in [6, 6.07) is 0. The van der Waals surface area contributed by atoms with Gasteiger partial charge in [-0.2, -0.15) is 0 Å². The van der Waals surface area contributed by atoms with Gasteiger partial charge in [0.2, 0.25) is 0 Å². The number of unbranched alkanes of at least 4 members (excludes halogenated alkanes) is 28. The smallest absolute Gasteiger partial charge is 0.0351 e. The fourth-order valence-electron chi connectivity index (χ4n) is 6.10. The Bertz CT molecular complexity index is 435. The lowest BCUT2D eigenvalue weighted by Gasteiger charge is -2.11. The van der Waals surface area contributed by atoms with Crippen LogP contribution in [0.3, 0.4) is 0 Å². The first-order valence-corrected chi connectivity index (χ1v) is 19.0. The summed E-state index contributed by atoms with van der Waals surface area (Å²) in [7, 11) is 0. The maximum Gasteiger partial charge on any atom is -0.0351 e. The SMILES string of the molecule is CCCCCCCCCCCCCC=CCCCCCCCCCC(C)CCCCCCCCCCCCC. The maximum atomic E-state index is 2.50. The Morgan fingerprint density at radius 3 is 0.821 bits per heavy atom. The van der Waals surface area contributed by atoms with Gasteiger partial charge in [0, 0.05) is 0 Å². The average molecular weight is 547 g/mol. The van der Waals surface area contributed by atoms with Gasteiger partial charge in [-0.3, -0.25) is 0 Å². The molecule has 0 rings (SSSR count). The first kappa shape index (κ1) is 38.7. The third-order valence-electron chi connectivity index (χ3n) is 9.01. The third kappa shape index (κ3) is 35.7. The molecule has 0 aromatic rings. The second-order valence-electron chi connectivity index (χ2n) is 13.3. The Kier molecular flexibility index (Phi) is 35.5. The van der Waals surface area contributed by atoms with Gasteiger partial charge in [-0.15, -0.1) is 0 Å². The normalized spacial score (nSPS) is 12.6. The van der Waals surface area contributed by atoms with Crippen molar-refractivity contribution in [3.63, 3.8) is 0 Å².